The van der Waals surface area contributed by atoms with Gasteiger partial charge in [-0.1, -0.05) is 57.9 Å². The molecule has 0 N–H and O–H groups in total. The maximum Gasteiger partial charge on any atom is 0.183 e. The summed E-state index contributed by atoms with van der Waals surface area (Å²) >= 11 is 0. The number of benzene rings is 1. The van der Waals surface area contributed by atoms with Crippen molar-refractivity contribution in [3.05, 3.63) is 35.1 Å². The van der Waals surface area contributed by atoms with Crippen molar-refractivity contribution in [3.63, 3.8) is 0 Å². The summed E-state index contributed by atoms with van der Waals surface area (Å²) in [6.07, 6.45) is 10.2. The number of nitrogens with zero attached hydrogens (tertiary/aromatic N) is 1. The van der Waals surface area contributed by atoms with Crippen LogP contribution < -0.4 is 0 Å². The summed E-state index contributed by atoms with van der Waals surface area (Å²) in [5.74, 6) is 1.75. The maximum absolute atomic E-state index is 13.8. The average Bonchev–Trinajstić information content (AvgIpc) is 2.68. The van der Waals surface area contributed by atoms with Crippen molar-refractivity contribution in [3.8, 4) is 6.07 Å². The molecule has 0 radical (unpaired) electrons. The van der Waals surface area contributed by atoms with Crippen LogP contribution in [-0.4, -0.2) is 13.2 Å². The summed E-state index contributed by atoms with van der Waals surface area (Å²) in [7, 11) is 0. The molecule has 3 nitrogen and oxygen atoms in total. The van der Waals surface area contributed by atoms with Crippen LogP contribution >= 0.6 is 0 Å². The monoisotopic (exact) mass is 359 g/mol. The van der Waals surface area contributed by atoms with E-state index in [9.17, 15) is 4.39 Å². The summed E-state index contributed by atoms with van der Waals surface area (Å²) in [6.45, 7) is 3.61. The number of nitriles is 1. The van der Waals surface area contributed by atoms with Gasteiger partial charge in [0.15, 0.2) is 6.29 Å². The van der Waals surface area contributed by atoms with Gasteiger partial charge in [-0.05, 0) is 30.4 Å². The largest absolute Gasteiger partial charge is 0.348 e. The zero-order chi connectivity index (χ0) is 18.4. The van der Waals surface area contributed by atoms with Crippen LogP contribution in [0.4, 0.5) is 4.39 Å². The summed E-state index contributed by atoms with van der Waals surface area (Å²) < 4.78 is 25.4. The lowest BCUT2D eigenvalue weighted by molar-refractivity contribution is -0.206. The highest BCUT2D eigenvalue weighted by atomic mass is 19.1. The fourth-order valence-corrected chi connectivity index (χ4v) is 4.36. The zero-order valence-corrected chi connectivity index (χ0v) is 15.8. The minimum absolute atomic E-state index is 0.0519. The number of ether oxygens (including phenoxy) is 2. The Balaban J connectivity index is 1.39. The molecule has 1 saturated heterocycles. The molecule has 1 aromatic carbocycles. The van der Waals surface area contributed by atoms with Crippen LogP contribution in [0.1, 0.15) is 75.7 Å². The molecule has 2 fully saturated rings. The highest BCUT2D eigenvalue weighted by Crippen LogP contribution is 2.35. The van der Waals surface area contributed by atoms with E-state index in [1.165, 1.54) is 57.1 Å². The van der Waals surface area contributed by atoms with Gasteiger partial charge in [-0.15, -0.1) is 0 Å². The van der Waals surface area contributed by atoms with E-state index in [4.69, 9.17) is 14.7 Å². The van der Waals surface area contributed by atoms with Crippen LogP contribution in [0.25, 0.3) is 0 Å². The molecule has 1 aliphatic carbocycles. The lowest BCUT2D eigenvalue weighted by Crippen LogP contribution is -2.28. The van der Waals surface area contributed by atoms with Crippen molar-refractivity contribution >= 4 is 0 Å². The van der Waals surface area contributed by atoms with E-state index < -0.39 is 12.1 Å². The first-order valence-corrected chi connectivity index (χ1v) is 10.1. The van der Waals surface area contributed by atoms with Gasteiger partial charge in [0.25, 0.3) is 0 Å². The molecule has 0 bridgehead atoms. The first kappa shape index (κ1) is 19.3. The number of hydrogen-bond donors (Lipinski definition) is 0. The summed E-state index contributed by atoms with van der Waals surface area (Å²) in [5, 5.41) is 8.81. The van der Waals surface area contributed by atoms with Gasteiger partial charge in [-0.25, -0.2) is 4.39 Å². The van der Waals surface area contributed by atoms with E-state index >= 15 is 0 Å². The number of halogens is 1. The van der Waals surface area contributed by atoms with E-state index in [0.29, 0.717) is 24.7 Å². The standard InChI is InChI=1S/C22H30FNO2/c1-2-3-16-4-6-17(7-5-16)8-9-18-14-25-22(26-15-18)19-10-11-20(13-24)21(23)12-19/h10-12,16-18,22H,2-9,14-15H2,1H3/t16-,17-,18-,22-. The Morgan fingerprint density at radius 3 is 2.19 bits per heavy atom. The average molecular weight is 359 g/mol. The van der Waals surface area contributed by atoms with Gasteiger partial charge in [-0.3, -0.25) is 0 Å². The molecule has 0 spiro atoms. The molecular formula is C22H30FNO2. The fourth-order valence-electron chi connectivity index (χ4n) is 4.36. The van der Waals surface area contributed by atoms with Crippen LogP contribution in [0, 0.1) is 34.9 Å². The minimum Gasteiger partial charge on any atom is -0.348 e. The Bertz CT molecular complexity index is 611. The lowest BCUT2D eigenvalue weighted by atomic mass is 9.77. The molecule has 2 aliphatic rings. The fraction of sp³-hybridized carbons (Fsp3) is 0.682. The van der Waals surface area contributed by atoms with Crippen LogP contribution in [0.5, 0.6) is 0 Å². The third-order valence-electron chi connectivity index (χ3n) is 6.00. The van der Waals surface area contributed by atoms with Gasteiger partial charge in [0.1, 0.15) is 11.9 Å². The zero-order valence-electron chi connectivity index (χ0n) is 15.8. The lowest BCUT2D eigenvalue weighted by Gasteiger charge is -2.32. The van der Waals surface area contributed by atoms with E-state index in [1.54, 1.807) is 6.07 Å². The second kappa shape index (κ2) is 9.48. The van der Waals surface area contributed by atoms with Gasteiger partial charge < -0.3 is 9.47 Å². The van der Waals surface area contributed by atoms with Crippen molar-refractivity contribution in [1.82, 2.24) is 0 Å². The number of hydrogen-bond acceptors (Lipinski definition) is 3. The second-order valence-corrected chi connectivity index (χ2v) is 7.97. The third kappa shape index (κ3) is 5.05. The number of rotatable bonds is 6. The van der Waals surface area contributed by atoms with Crippen molar-refractivity contribution in [2.45, 2.75) is 64.6 Å². The molecule has 0 amide bonds. The smallest absolute Gasteiger partial charge is 0.183 e. The predicted molar refractivity (Wildman–Crippen MR) is 98.8 cm³/mol. The Morgan fingerprint density at radius 1 is 1.00 bits per heavy atom. The molecule has 1 aromatic rings. The first-order chi connectivity index (χ1) is 12.7. The van der Waals surface area contributed by atoms with Crippen molar-refractivity contribution in [2.75, 3.05) is 13.2 Å². The highest BCUT2D eigenvalue weighted by molar-refractivity contribution is 5.33. The first-order valence-electron chi connectivity index (χ1n) is 10.1. The molecule has 0 atom stereocenters. The molecule has 1 saturated carbocycles. The quantitative estimate of drug-likeness (QED) is 0.650. The van der Waals surface area contributed by atoms with E-state index in [-0.39, 0.29) is 5.56 Å². The van der Waals surface area contributed by atoms with Gasteiger partial charge in [0.2, 0.25) is 0 Å². The Kier molecular flexibility index (Phi) is 7.05. The molecule has 4 heteroatoms. The molecular weight excluding hydrogens is 329 g/mol. The Hall–Kier alpha value is -1.44. The molecule has 0 unspecified atom stereocenters. The summed E-state index contributed by atoms with van der Waals surface area (Å²) in [6, 6.07) is 6.37. The van der Waals surface area contributed by atoms with Crippen LogP contribution in [-0.2, 0) is 9.47 Å². The molecule has 1 heterocycles. The minimum atomic E-state index is -0.516. The maximum atomic E-state index is 13.8. The molecule has 1 aliphatic heterocycles. The van der Waals surface area contributed by atoms with Crippen LogP contribution in [0.15, 0.2) is 18.2 Å². The van der Waals surface area contributed by atoms with Gasteiger partial charge in [-0.2, -0.15) is 5.26 Å². The molecule has 142 valence electrons. The van der Waals surface area contributed by atoms with E-state index in [2.05, 4.69) is 6.92 Å². The van der Waals surface area contributed by atoms with Crippen LogP contribution in [0.2, 0.25) is 0 Å². The van der Waals surface area contributed by atoms with Gasteiger partial charge in [0, 0.05) is 11.5 Å². The van der Waals surface area contributed by atoms with E-state index in [0.717, 1.165) is 18.3 Å². The topological polar surface area (TPSA) is 42.2 Å². The van der Waals surface area contributed by atoms with Crippen LogP contribution in [0.3, 0.4) is 0 Å². The van der Waals surface area contributed by atoms with Crippen molar-refractivity contribution in [2.24, 2.45) is 17.8 Å². The normalized spacial score (nSPS) is 29.3. The highest BCUT2D eigenvalue weighted by Gasteiger charge is 2.26. The third-order valence-corrected chi connectivity index (χ3v) is 6.00. The molecule has 26 heavy (non-hydrogen) atoms. The SMILES string of the molecule is CCC[C@H]1CC[C@H](CC[C@H]2CO[C@H](c3ccc(C#N)c(F)c3)OC2)CC1. The van der Waals surface area contributed by atoms with Crippen molar-refractivity contribution < 1.29 is 13.9 Å². The Labute approximate surface area is 156 Å². The summed E-state index contributed by atoms with van der Waals surface area (Å²) in [4.78, 5) is 0. The summed E-state index contributed by atoms with van der Waals surface area (Å²) in [5.41, 5.74) is 0.699. The molecule has 3 rings (SSSR count). The van der Waals surface area contributed by atoms with E-state index in [1.807, 2.05) is 6.07 Å². The van der Waals surface area contributed by atoms with Gasteiger partial charge in [0.05, 0.1) is 18.8 Å². The van der Waals surface area contributed by atoms with Crippen molar-refractivity contribution in [1.29, 1.82) is 5.26 Å². The second-order valence-electron chi connectivity index (χ2n) is 7.97. The van der Waals surface area contributed by atoms with Gasteiger partial charge >= 0.3 is 0 Å². The Morgan fingerprint density at radius 2 is 1.62 bits per heavy atom. The predicted octanol–water partition coefficient (Wildman–Crippen LogP) is 5.75. The molecule has 0 aromatic heterocycles.